The third-order valence-electron chi connectivity index (χ3n) is 2.14. The second-order valence-corrected chi connectivity index (χ2v) is 4.59. The van der Waals surface area contributed by atoms with E-state index in [1.54, 1.807) is 13.8 Å². The van der Waals surface area contributed by atoms with Crippen molar-refractivity contribution in [1.29, 1.82) is 0 Å². The molecule has 0 atom stereocenters. The Bertz CT molecular complexity index is 388. The van der Waals surface area contributed by atoms with E-state index in [0.717, 1.165) is 0 Å². The van der Waals surface area contributed by atoms with Gasteiger partial charge < -0.3 is 0 Å². The van der Waals surface area contributed by atoms with E-state index in [4.69, 9.17) is 23.2 Å². The molecule has 1 aromatic carbocycles. The van der Waals surface area contributed by atoms with Crippen molar-refractivity contribution >= 4 is 29.0 Å². The number of carbonyl (C=O) groups excluding carboxylic acids is 1. The maximum Gasteiger partial charge on any atom is 0.171 e. The van der Waals surface area contributed by atoms with Crippen LogP contribution >= 0.6 is 23.2 Å². The fourth-order valence-corrected chi connectivity index (χ4v) is 1.44. The van der Waals surface area contributed by atoms with Gasteiger partial charge in [-0.25, -0.2) is 4.39 Å². The fourth-order valence-electron chi connectivity index (χ4n) is 1.10. The maximum absolute atomic E-state index is 13.1. The van der Waals surface area contributed by atoms with Crippen LogP contribution < -0.4 is 0 Å². The first-order valence-electron chi connectivity index (χ1n) is 4.45. The lowest BCUT2D eigenvalue weighted by atomic mass is 9.86. The summed E-state index contributed by atoms with van der Waals surface area (Å²) in [5, 5.41) is -0.138. The van der Waals surface area contributed by atoms with Crippen LogP contribution in [0.5, 0.6) is 0 Å². The molecule has 0 amide bonds. The van der Waals surface area contributed by atoms with Gasteiger partial charge in [0.05, 0.1) is 5.02 Å². The fraction of sp³-hybridized carbons (Fsp3) is 0.364. The van der Waals surface area contributed by atoms with Gasteiger partial charge in [0.2, 0.25) is 0 Å². The summed E-state index contributed by atoms with van der Waals surface area (Å²) in [4.78, 5) is 11.9. The Morgan fingerprint density at radius 1 is 1.47 bits per heavy atom. The van der Waals surface area contributed by atoms with E-state index in [1.165, 1.54) is 18.2 Å². The molecule has 0 radical (unpaired) electrons. The number of alkyl halides is 1. The van der Waals surface area contributed by atoms with E-state index in [0.29, 0.717) is 0 Å². The van der Waals surface area contributed by atoms with Gasteiger partial charge in [-0.3, -0.25) is 4.79 Å². The van der Waals surface area contributed by atoms with E-state index in [2.05, 4.69) is 0 Å². The van der Waals surface area contributed by atoms with Gasteiger partial charge in [0, 0.05) is 16.9 Å². The van der Waals surface area contributed by atoms with Crippen molar-refractivity contribution in [3.8, 4) is 0 Å². The summed E-state index contributed by atoms with van der Waals surface area (Å²) in [6.45, 7) is 3.40. The summed E-state index contributed by atoms with van der Waals surface area (Å²) in [6.07, 6.45) is 0. The molecule has 0 aliphatic carbocycles. The third-order valence-corrected chi connectivity index (χ3v) is 3.20. The lowest BCUT2D eigenvalue weighted by Gasteiger charge is -2.20. The molecule has 0 aliphatic rings. The van der Waals surface area contributed by atoms with Crippen molar-refractivity contribution in [2.75, 3.05) is 5.88 Å². The number of carbonyl (C=O) groups is 1. The Hall–Kier alpha value is -0.600. The Morgan fingerprint density at radius 3 is 2.60 bits per heavy atom. The van der Waals surface area contributed by atoms with E-state index < -0.39 is 11.2 Å². The molecule has 0 aliphatic heterocycles. The van der Waals surface area contributed by atoms with Crippen LogP contribution in [0.4, 0.5) is 4.39 Å². The van der Waals surface area contributed by atoms with Crippen molar-refractivity contribution in [1.82, 2.24) is 0 Å². The van der Waals surface area contributed by atoms with Gasteiger partial charge in [-0.1, -0.05) is 31.5 Å². The molecule has 82 valence electrons. The van der Waals surface area contributed by atoms with Crippen molar-refractivity contribution in [2.24, 2.45) is 5.41 Å². The van der Waals surface area contributed by atoms with Crippen molar-refractivity contribution in [2.45, 2.75) is 13.8 Å². The molecule has 1 nitrogen and oxygen atoms in total. The molecule has 0 N–H and O–H groups in total. The average Bonchev–Trinajstić information content (AvgIpc) is 2.21. The van der Waals surface area contributed by atoms with E-state index >= 15 is 0 Å². The maximum atomic E-state index is 13.1. The Labute approximate surface area is 98.2 Å². The quantitative estimate of drug-likeness (QED) is 0.586. The molecule has 0 fully saturated rings. The molecule has 0 aromatic heterocycles. The van der Waals surface area contributed by atoms with E-state index in [9.17, 15) is 9.18 Å². The van der Waals surface area contributed by atoms with Gasteiger partial charge in [0.15, 0.2) is 5.78 Å². The number of halogens is 3. The minimum absolute atomic E-state index is 0.138. The molecule has 4 heteroatoms. The molecule has 15 heavy (non-hydrogen) atoms. The zero-order valence-electron chi connectivity index (χ0n) is 8.48. The topological polar surface area (TPSA) is 17.1 Å². The molecule has 0 unspecified atom stereocenters. The van der Waals surface area contributed by atoms with Crippen LogP contribution in [0.15, 0.2) is 18.2 Å². The highest BCUT2D eigenvalue weighted by molar-refractivity contribution is 6.34. The van der Waals surface area contributed by atoms with Gasteiger partial charge in [0.1, 0.15) is 5.82 Å². The third kappa shape index (κ3) is 2.50. The number of Topliss-reactive ketones (excluding diaryl/α,β-unsaturated/α-hetero) is 1. The summed E-state index contributed by atoms with van der Waals surface area (Å²) >= 11 is 11.4. The average molecular weight is 249 g/mol. The Balaban J connectivity index is 3.18. The first kappa shape index (κ1) is 12.5. The Kier molecular flexibility index (Phi) is 3.74. The van der Waals surface area contributed by atoms with Gasteiger partial charge in [-0.15, -0.1) is 11.6 Å². The number of rotatable bonds is 3. The summed E-state index contributed by atoms with van der Waals surface area (Å²) in [5.74, 6) is -0.673. The van der Waals surface area contributed by atoms with Crippen LogP contribution in [0.25, 0.3) is 0 Å². The van der Waals surface area contributed by atoms with Crippen LogP contribution in [-0.2, 0) is 0 Å². The molecule has 1 aromatic rings. The van der Waals surface area contributed by atoms with Crippen molar-refractivity contribution in [3.63, 3.8) is 0 Å². The SMILES string of the molecule is CC(C)(CCl)C(=O)c1cccc(F)c1Cl. The lowest BCUT2D eigenvalue weighted by Crippen LogP contribution is -2.26. The van der Waals surface area contributed by atoms with Crippen LogP contribution in [-0.4, -0.2) is 11.7 Å². The second-order valence-electron chi connectivity index (χ2n) is 3.95. The first-order valence-corrected chi connectivity index (χ1v) is 5.36. The molecule has 0 saturated carbocycles. The number of hydrogen-bond acceptors (Lipinski definition) is 1. The molecule has 0 saturated heterocycles. The number of hydrogen-bond donors (Lipinski definition) is 0. The predicted octanol–water partition coefficient (Wildman–Crippen LogP) is 3.93. The van der Waals surface area contributed by atoms with Crippen LogP contribution in [0.3, 0.4) is 0 Å². The molecular weight excluding hydrogens is 238 g/mol. The van der Waals surface area contributed by atoms with Gasteiger partial charge >= 0.3 is 0 Å². The minimum Gasteiger partial charge on any atom is -0.293 e. The summed E-state index contributed by atoms with van der Waals surface area (Å²) in [7, 11) is 0. The minimum atomic E-state index is -0.737. The normalized spacial score (nSPS) is 11.5. The zero-order valence-corrected chi connectivity index (χ0v) is 9.99. The van der Waals surface area contributed by atoms with Gasteiger partial charge in [-0.2, -0.15) is 0 Å². The van der Waals surface area contributed by atoms with E-state index in [1.807, 2.05) is 0 Å². The van der Waals surface area contributed by atoms with E-state index in [-0.39, 0.29) is 22.2 Å². The van der Waals surface area contributed by atoms with Crippen LogP contribution in [0, 0.1) is 11.2 Å². The van der Waals surface area contributed by atoms with Gasteiger partial charge in [0.25, 0.3) is 0 Å². The number of benzene rings is 1. The molecular formula is C11H11Cl2FO. The second kappa shape index (κ2) is 4.50. The highest BCUT2D eigenvalue weighted by Crippen LogP contribution is 2.28. The van der Waals surface area contributed by atoms with Crippen LogP contribution in [0.2, 0.25) is 5.02 Å². The summed E-state index contributed by atoms with van der Waals surface area (Å²) in [5.41, 5.74) is -0.554. The number of ketones is 1. The largest absolute Gasteiger partial charge is 0.293 e. The van der Waals surface area contributed by atoms with Gasteiger partial charge in [-0.05, 0) is 12.1 Å². The highest BCUT2D eigenvalue weighted by Gasteiger charge is 2.29. The Morgan fingerprint density at radius 2 is 2.07 bits per heavy atom. The summed E-state index contributed by atoms with van der Waals surface area (Å²) in [6, 6.07) is 4.17. The monoisotopic (exact) mass is 248 g/mol. The predicted molar refractivity (Wildman–Crippen MR) is 60.2 cm³/mol. The highest BCUT2D eigenvalue weighted by atomic mass is 35.5. The van der Waals surface area contributed by atoms with Crippen molar-refractivity contribution in [3.05, 3.63) is 34.6 Å². The standard InChI is InChI=1S/C11H11Cl2FO/c1-11(2,6-12)10(15)7-4-3-5-8(14)9(7)13/h3-5H,6H2,1-2H3. The molecule has 0 bridgehead atoms. The van der Waals surface area contributed by atoms with Crippen LogP contribution in [0.1, 0.15) is 24.2 Å². The zero-order chi connectivity index (χ0) is 11.6. The molecule has 0 heterocycles. The smallest absolute Gasteiger partial charge is 0.171 e. The molecule has 1 rings (SSSR count). The molecule has 0 spiro atoms. The first-order chi connectivity index (χ1) is 6.90. The lowest BCUT2D eigenvalue weighted by molar-refractivity contribution is 0.0861. The van der Waals surface area contributed by atoms with Crippen molar-refractivity contribution < 1.29 is 9.18 Å². The summed E-state index contributed by atoms with van der Waals surface area (Å²) < 4.78 is 13.1.